The van der Waals surface area contributed by atoms with Crippen LogP contribution in [0.5, 0.6) is 5.75 Å². The minimum Gasteiger partial charge on any atom is -0.497 e. The fourth-order valence-electron chi connectivity index (χ4n) is 3.76. The largest absolute Gasteiger partial charge is 0.497 e. The number of benzene rings is 2. The highest BCUT2D eigenvalue weighted by Crippen LogP contribution is 2.33. The number of aromatic nitrogens is 3. The van der Waals surface area contributed by atoms with Gasteiger partial charge in [-0.05, 0) is 42.2 Å². The molecule has 1 aliphatic rings. The molecule has 0 spiro atoms. The minimum atomic E-state index is 0.138. The van der Waals surface area contributed by atoms with Gasteiger partial charge in [0.15, 0.2) is 5.78 Å². The number of rotatable bonds is 2. The predicted octanol–water partition coefficient (Wildman–Crippen LogP) is 3.80. The number of carbonyl (C=O) groups is 1. The zero-order valence-corrected chi connectivity index (χ0v) is 14.3. The molecule has 128 valence electrons. The van der Waals surface area contributed by atoms with E-state index < -0.39 is 0 Å². The number of fused-ring (bicyclic) bond motifs is 4. The monoisotopic (exact) mass is 343 g/mol. The summed E-state index contributed by atoms with van der Waals surface area (Å²) in [5.74, 6) is 1.74. The van der Waals surface area contributed by atoms with E-state index in [1.807, 2.05) is 59.1 Å². The molecule has 0 N–H and O–H groups in total. The number of carbonyl (C=O) groups excluding carboxylic acids is 1. The lowest BCUT2D eigenvalue weighted by Gasteiger charge is -2.23. The van der Waals surface area contributed by atoms with Crippen molar-refractivity contribution in [1.29, 1.82) is 0 Å². The molecule has 0 fully saturated rings. The topological polar surface area (TPSA) is 56.5 Å². The molecule has 5 rings (SSSR count). The van der Waals surface area contributed by atoms with E-state index in [9.17, 15) is 4.79 Å². The lowest BCUT2D eigenvalue weighted by atomic mass is 9.82. The van der Waals surface area contributed by atoms with Crippen LogP contribution in [0.1, 0.15) is 34.0 Å². The molecule has 0 aliphatic heterocycles. The van der Waals surface area contributed by atoms with Gasteiger partial charge in [0.05, 0.1) is 29.4 Å². The number of hydrogen-bond donors (Lipinski definition) is 0. The third kappa shape index (κ3) is 2.28. The van der Waals surface area contributed by atoms with Gasteiger partial charge in [-0.2, -0.15) is 0 Å². The van der Waals surface area contributed by atoms with Crippen LogP contribution in [0.4, 0.5) is 0 Å². The summed E-state index contributed by atoms with van der Waals surface area (Å²) in [4.78, 5) is 22.1. The third-order valence-corrected chi connectivity index (χ3v) is 5.14. The second kappa shape index (κ2) is 5.66. The van der Waals surface area contributed by atoms with Crippen molar-refractivity contribution in [2.45, 2.75) is 18.8 Å². The van der Waals surface area contributed by atoms with Gasteiger partial charge in [-0.1, -0.05) is 24.3 Å². The average Bonchev–Trinajstić information content (AvgIpc) is 3.04. The van der Waals surface area contributed by atoms with E-state index in [0.29, 0.717) is 17.8 Å². The Hall–Kier alpha value is -3.21. The maximum Gasteiger partial charge on any atom is 0.235 e. The summed E-state index contributed by atoms with van der Waals surface area (Å²) in [5, 5.41) is 0. The summed E-state index contributed by atoms with van der Waals surface area (Å²) in [6.07, 6.45) is 3.14. The summed E-state index contributed by atoms with van der Waals surface area (Å²) in [6, 6.07) is 15.8. The summed E-state index contributed by atoms with van der Waals surface area (Å²) < 4.78 is 7.14. The van der Waals surface area contributed by atoms with Gasteiger partial charge in [0.2, 0.25) is 5.78 Å². The summed E-state index contributed by atoms with van der Waals surface area (Å²) in [5.41, 5.74) is 4.56. The number of para-hydroxylation sites is 2. The number of Topliss-reactive ketones (excluding diaryl/α,β-unsaturated/α-hetero) is 1. The molecule has 0 amide bonds. The number of hydrogen-bond acceptors (Lipinski definition) is 4. The maximum atomic E-state index is 12.8. The number of nitrogens with zero attached hydrogens (tertiary/aromatic N) is 3. The molecule has 4 aromatic rings. The number of ketones is 1. The van der Waals surface area contributed by atoms with Crippen molar-refractivity contribution < 1.29 is 9.53 Å². The van der Waals surface area contributed by atoms with Gasteiger partial charge in [-0.3, -0.25) is 9.20 Å². The molecule has 0 unspecified atom stereocenters. The average molecular weight is 343 g/mol. The number of methoxy groups -OCH3 is 1. The van der Waals surface area contributed by atoms with Crippen molar-refractivity contribution in [3.05, 3.63) is 71.5 Å². The van der Waals surface area contributed by atoms with E-state index in [2.05, 4.69) is 4.98 Å². The third-order valence-electron chi connectivity index (χ3n) is 5.14. The molecule has 0 radical (unpaired) electrons. The molecular weight excluding hydrogens is 326 g/mol. The van der Waals surface area contributed by atoms with Crippen molar-refractivity contribution in [3.63, 3.8) is 0 Å². The predicted molar refractivity (Wildman–Crippen MR) is 98.9 cm³/mol. The van der Waals surface area contributed by atoms with Crippen molar-refractivity contribution in [3.8, 4) is 5.75 Å². The Kier molecular flexibility index (Phi) is 3.28. The van der Waals surface area contributed by atoms with E-state index in [0.717, 1.165) is 34.5 Å². The van der Waals surface area contributed by atoms with Gasteiger partial charge in [0.25, 0.3) is 0 Å². The lowest BCUT2D eigenvalue weighted by molar-refractivity contribution is 0.0962. The Morgan fingerprint density at radius 3 is 2.65 bits per heavy atom. The molecule has 0 bridgehead atoms. The molecule has 1 aliphatic carbocycles. The van der Waals surface area contributed by atoms with Gasteiger partial charge in [-0.15, -0.1) is 0 Å². The molecule has 0 saturated carbocycles. The highest BCUT2D eigenvalue weighted by molar-refractivity contribution is 5.99. The molecule has 5 nitrogen and oxygen atoms in total. The Balaban J connectivity index is 1.59. The van der Waals surface area contributed by atoms with Gasteiger partial charge in [-0.25, -0.2) is 9.97 Å². The van der Waals surface area contributed by atoms with Crippen LogP contribution in [0.25, 0.3) is 16.8 Å². The van der Waals surface area contributed by atoms with Crippen molar-refractivity contribution in [1.82, 2.24) is 14.4 Å². The van der Waals surface area contributed by atoms with Crippen LogP contribution in [-0.2, 0) is 6.42 Å². The standard InChI is InChI=1S/C21H17N3O2/c1-26-15-8-6-13(7-9-15)14-10-18-16(20(25)11-14)12-24-19-5-3-2-4-17(19)22-21(24)23-18/h2-9,12,14H,10-11H2,1H3/t14-/m0/s1. The van der Waals surface area contributed by atoms with Crippen molar-refractivity contribution in [2.24, 2.45) is 0 Å². The van der Waals surface area contributed by atoms with Gasteiger partial charge in [0.1, 0.15) is 5.75 Å². The molecule has 2 aromatic heterocycles. The second-order valence-corrected chi connectivity index (χ2v) is 6.67. The Morgan fingerprint density at radius 1 is 1.04 bits per heavy atom. The molecule has 0 saturated heterocycles. The quantitative estimate of drug-likeness (QED) is 0.555. The summed E-state index contributed by atoms with van der Waals surface area (Å²) in [6.45, 7) is 0. The fourth-order valence-corrected chi connectivity index (χ4v) is 3.76. The Bertz CT molecular complexity index is 1150. The smallest absolute Gasteiger partial charge is 0.235 e. The normalized spacial score (nSPS) is 16.8. The molecule has 26 heavy (non-hydrogen) atoms. The molecule has 5 heteroatoms. The zero-order valence-electron chi connectivity index (χ0n) is 14.3. The van der Waals surface area contributed by atoms with E-state index in [1.54, 1.807) is 7.11 Å². The SMILES string of the molecule is COc1ccc([C@@H]2CC(=O)c3cn4c(nc3C2)nc2ccccc24)cc1. The van der Waals surface area contributed by atoms with Crippen LogP contribution >= 0.6 is 0 Å². The minimum absolute atomic E-state index is 0.138. The second-order valence-electron chi connectivity index (χ2n) is 6.67. The van der Waals surface area contributed by atoms with E-state index in [-0.39, 0.29) is 11.7 Å². The maximum absolute atomic E-state index is 12.8. The first-order valence-corrected chi connectivity index (χ1v) is 8.67. The number of imidazole rings is 1. The highest BCUT2D eigenvalue weighted by atomic mass is 16.5. The van der Waals surface area contributed by atoms with Crippen LogP contribution in [0.3, 0.4) is 0 Å². The fraction of sp³-hybridized carbons (Fsp3) is 0.190. The first-order valence-electron chi connectivity index (χ1n) is 8.67. The van der Waals surface area contributed by atoms with E-state index in [1.165, 1.54) is 0 Å². The van der Waals surface area contributed by atoms with E-state index in [4.69, 9.17) is 9.72 Å². The van der Waals surface area contributed by atoms with E-state index >= 15 is 0 Å². The van der Waals surface area contributed by atoms with Crippen LogP contribution in [0.15, 0.2) is 54.7 Å². The van der Waals surface area contributed by atoms with Crippen molar-refractivity contribution >= 4 is 22.6 Å². The molecule has 2 heterocycles. The first kappa shape index (κ1) is 15.1. The Morgan fingerprint density at radius 2 is 1.85 bits per heavy atom. The first-order chi connectivity index (χ1) is 12.7. The lowest BCUT2D eigenvalue weighted by Crippen LogP contribution is -2.21. The summed E-state index contributed by atoms with van der Waals surface area (Å²) in [7, 11) is 1.65. The van der Waals surface area contributed by atoms with Crippen molar-refractivity contribution in [2.75, 3.05) is 7.11 Å². The van der Waals surface area contributed by atoms with Crippen LogP contribution in [0, 0.1) is 0 Å². The number of ether oxygens (including phenoxy) is 1. The van der Waals surface area contributed by atoms with Gasteiger partial charge < -0.3 is 4.74 Å². The van der Waals surface area contributed by atoms with Crippen LogP contribution in [-0.4, -0.2) is 27.3 Å². The van der Waals surface area contributed by atoms with Crippen LogP contribution < -0.4 is 4.74 Å². The van der Waals surface area contributed by atoms with Gasteiger partial charge >= 0.3 is 0 Å². The molecular formula is C21H17N3O2. The Labute approximate surface area is 150 Å². The van der Waals surface area contributed by atoms with Gasteiger partial charge in [0, 0.05) is 12.6 Å². The highest BCUT2D eigenvalue weighted by Gasteiger charge is 2.28. The summed E-state index contributed by atoms with van der Waals surface area (Å²) >= 11 is 0. The van der Waals surface area contributed by atoms with Crippen LogP contribution in [0.2, 0.25) is 0 Å². The zero-order chi connectivity index (χ0) is 17.7. The molecule has 2 aromatic carbocycles. The molecule has 1 atom stereocenters.